The molecule has 1 amide bonds. The fraction of sp³-hybridized carbons (Fsp3) is 0.519. The van der Waals surface area contributed by atoms with Crippen LogP contribution in [0.15, 0.2) is 23.5 Å². The van der Waals surface area contributed by atoms with Crippen LogP contribution in [0.1, 0.15) is 57.6 Å². The Bertz CT molecular complexity index is 1580. The molecule has 1 atom stereocenters. The number of anilines is 2. The van der Waals surface area contributed by atoms with E-state index in [0.29, 0.717) is 44.0 Å². The Balaban J connectivity index is 1.69. The van der Waals surface area contributed by atoms with Crippen LogP contribution in [0.5, 0.6) is 0 Å². The van der Waals surface area contributed by atoms with E-state index in [1.165, 1.54) is 0 Å². The van der Waals surface area contributed by atoms with Gasteiger partial charge in [0.25, 0.3) is 0 Å². The Kier molecular flexibility index (Phi) is 7.94. The molecule has 1 fully saturated rings. The molecule has 1 unspecified atom stereocenters. The largest absolute Gasteiger partial charge is 0.444 e. The quantitative estimate of drug-likeness (QED) is 0.439. The second kappa shape index (κ2) is 10.9. The highest BCUT2D eigenvalue weighted by Gasteiger charge is 2.29. The highest BCUT2D eigenvalue weighted by atomic mass is 32.2. The first kappa shape index (κ1) is 29.1. The molecule has 0 bridgehead atoms. The van der Waals surface area contributed by atoms with Crippen LogP contribution in [0.25, 0.3) is 11.0 Å². The fourth-order valence-corrected chi connectivity index (χ4v) is 5.15. The summed E-state index contributed by atoms with van der Waals surface area (Å²) in [4.78, 5) is 29.8. The van der Waals surface area contributed by atoms with E-state index in [0.717, 1.165) is 23.0 Å². The Morgan fingerprint density at radius 2 is 1.88 bits per heavy atom. The number of piperazine rings is 1. The molecule has 1 saturated heterocycles. The molecule has 4 heterocycles. The first-order chi connectivity index (χ1) is 18.7. The van der Waals surface area contributed by atoms with Crippen LogP contribution in [0.3, 0.4) is 0 Å². The highest BCUT2D eigenvalue weighted by molar-refractivity contribution is 7.90. The number of aryl methyl sites for hydroxylation is 2. The number of hydrogen-bond acceptors (Lipinski definition) is 10. The Labute approximate surface area is 234 Å². The minimum absolute atomic E-state index is 0.151. The molecular weight excluding hydrogens is 532 g/mol. The van der Waals surface area contributed by atoms with Crippen LogP contribution in [0, 0.1) is 11.3 Å². The zero-order valence-corrected chi connectivity index (χ0v) is 24.8. The molecule has 0 saturated carbocycles. The summed E-state index contributed by atoms with van der Waals surface area (Å²) in [5.74, 6) is 0.151. The number of pyridine rings is 1. The van der Waals surface area contributed by atoms with Gasteiger partial charge >= 0.3 is 6.09 Å². The minimum atomic E-state index is -3.70. The van der Waals surface area contributed by atoms with E-state index < -0.39 is 21.5 Å². The maximum absolute atomic E-state index is 12.6. The topological polar surface area (TPSA) is 146 Å². The van der Waals surface area contributed by atoms with E-state index in [1.807, 2.05) is 58.5 Å². The molecular formula is C27H36N8O4S. The van der Waals surface area contributed by atoms with E-state index in [9.17, 15) is 18.5 Å². The summed E-state index contributed by atoms with van der Waals surface area (Å²) >= 11 is 0. The Hall–Kier alpha value is -3.92. The standard InChI is InChI=1S/C27H36N8O4S/c1-8-19-18(16-28)24(32-25(31-19)40(7,37)38)29-17(2)23-22(15-21-20(30-23)9-10-33(21)6)34-11-13-35(14-12-34)26(36)39-27(3,4)5/h9-10,15,17H,8,11-14H2,1-7H3,(H,29,31,32). The van der Waals surface area contributed by atoms with Crippen molar-refractivity contribution in [1.82, 2.24) is 24.4 Å². The van der Waals surface area contributed by atoms with E-state index in [2.05, 4.69) is 32.3 Å². The van der Waals surface area contributed by atoms with Crippen LogP contribution in [-0.2, 0) is 28.0 Å². The number of carbonyl (C=O) groups is 1. The average Bonchev–Trinajstić information content (AvgIpc) is 3.25. The maximum atomic E-state index is 12.6. The predicted octanol–water partition coefficient (Wildman–Crippen LogP) is 3.43. The number of nitrogens with zero attached hydrogens (tertiary/aromatic N) is 7. The molecule has 0 radical (unpaired) electrons. The molecule has 0 aromatic carbocycles. The van der Waals surface area contributed by atoms with Crippen molar-refractivity contribution in [3.63, 3.8) is 0 Å². The summed E-state index contributed by atoms with van der Waals surface area (Å²) in [6.07, 6.45) is 3.02. The zero-order chi connectivity index (χ0) is 29.4. The number of rotatable bonds is 6. The monoisotopic (exact) mass is 568 g/mol. The average molecular weight is 569 g/mol. The summed E-state index contributed by atoms with van der Waals surface area (Å²) in [6, 6.07) is 5.69. The van der Waals surface area contributed by atoms with Gasteiger partial charge < -0.3 is 24.4 Å². The summed E-state index contributed by atoms with van der Waals surface area (Å²) in [5, 5.41) is 12.8. The number of aromatic nitrogens is 4. The van der Waals surface area contributed by atoms with E-state index in [-0.39, 0.29) is 22.6 Å². The molecule has 214 valence electrons. The van der Waals surface area contributed by atoms with Crippen molar-refractivity contribution in [1.29, 1.82) is 5.26 Å². The van der Waals surface area contributed by atoms with E-state index in [1.54, 1.807) is 4.90 Å². The van der Waals surface area contributed by atoms with Gasteiger partial charge in [0, 0.05) is 45.7 Å². The second-order valence-electron chi connectivity index (χ2n) is 11.0. The summed E-state index contributed by atoms with van der Waals surface area (Å²) in [5.41, 5.74) is 3.34. The van der Waals surface area contributed by atoms with Gasteiger partial charge in [0.05, 0.1) is 34.2 Å². The SMILES string of the molecule is CCc1nc(S(C)(=O)=O)nc(NC(C)c2nc3ccn(C)c3cc2N2CCN(C(=O)OC(C)(C)C)CC2)c1C#N. The van der Waals surface area contributed by atoms with E-state index in [4.69, 9.17) is 9.72 Å². The molecule has 4 rings (SSSR count). The van der Waals surface area contributed by atoms with Crippen LogP contribution in [0.4, 0.5) is 16.3 Å². The summed E-state index contributed by atoms with van der Waals surface area (Å²) in [6.45, 7) is 11.4. The normalized spacial score (nSPS) is 15.2. The van der Waals surface area contributed by atoms with Gasteiger partial charge in [-0.15, -0.1) is 0 Å². The van der Waals surface area contributed by atoms with Gasteiger partial charge in [-0.05, 0) is 46.2 Å². The molecule has 13 heteroatoms. The van der Waals surface area contributed by atoms with Crippen LogP contribution < -0.4 is 10.2 Å². The Morgan fingerprint density at radius 3 is 2.45 bits per heavy atom. The number of carbonyl (C=O) groups excluding carboxylic acids is 1. The first-order valence-electron chi connectivity index (χ1n) is 13.2. The number of amides is 1. The van der Waals surface area contributed by atoms with Crippen molar-refractivity contribution < 1.29 is 17.9 Å². The van der Waals surface area contributed by atoms with Gasteiger partial charge in [-0.3, -0.25) is 0 Å². The molecule has 1 aliphatic rings. The number of ether oxygens (including phenoxy) is 1. The molecule has 0 aliphatic carbocycles. The zero-order valence-electron chi connectivity index (χ0n) is 24.0. The van der Waals surface area contributed by atoms with Crippen molar-refractivity contribution in [2.24, 2.45) is 7.05 Å². The lowest BCUT2D eigenvalue weighted by molar-refractivity contribution is 0.0240. The third-order valence-corrected chi connectivity index (χ3v) is 7.50. The van der Waals surface area contributed by atoms with Crippen LogP contribution in [-0.4, -0.2) is 77.0 Å². The van der Waals surface area contributed by atoms with Crippen molar-refractivity contribution in [2.45, 2.75) is 57.8 Å². The van der Waals surface area contributed by atoms with Gasteiger partial charge in [0.2, 0.25) is 15.0 Å². The lowest BCUT2D eigenvalue weighted by atomic mass is 10.1. The minimum Gasteiger partial charge on any atom is -0.444 e. The summed E-state index contributed by atoms with van der Waals surface area (Å²) in [7, 11) is -1.75. The molecule has 0 spiro atoms. The number of sulfone groups is 1. The van der Waals surface area contributed by atoms with Gasteiger partial charge in [-0.1, -0.05) is 6.92 Å². The molecule has 40 heavy (non-hydrogen) atoms. The number of fused-ring (bicyclic) bond motifs is 1. The molecule has 3 aromatic heterocycles. The van der Waals surface area contributed by atoms with E-state index >= 15 is 0 Å². The van der Waals surface area contributed by atoms with Crippen LogP contribution in [0.2, 0.25) is 0 Å². The summed E-state index contributed by atoms with van der Waals surface area (Å²) < 4.78 is 32.1. The maximum Gasteiger partial charge on any atom is 0.410 e. The first-order valence-corrected chi connectivity index (χ1v) is 15.1. The van der Waals surface area contributed by atoms with Crippen LogP contribution >= 0.6 is 0 Å². The molecule has 12 nitrogen and oxygen atoms in total. The molecule has 3 aromatic rings. The number of nitriles is 1. The van der Waals surface area contributed by atoms with Gasteiger partial charge in [-0.25, -0.2) is 23.2 Å². The molecule has 1 N–H and O–H groups in total. The smallest absolute Gasteiger partial charge is 0.410 e. The van der Waals surface area contributed by atoms with Crippen molar-refractivity contribution >= 4 is 38.5 Å². The third kappa shape index (κ3) is 6.12. The Morgan fingerprint density at radius 1 is 1.20 bits per heavy atom. The lowest BCUT2D eigenvalue weighted by Crippen LogP contribution is -2.50. The third-order valence-electron chi connectivity index (χ3n) is 6.65. The van der Waals surface area contributed by atoms with Gasteiger partial charge in [0.15, 0.2) is 0 Å². The number of nitrogens with one attached hydrogen (secondary N) is 1. The van der Waals surface area contributed by atoms with Gasteiger partial charge in [0.1, 0.15) is 23.1 Å². The van der Waals surface area contributed by atoms with Crippen molar-refractivity contribution in [3.05, 3.63) is 35.3 Å². The van der Waals surface area contributed by atoms with Gasteiger partial charge in [-0.2, -0.15) is 10.2 Å². The highest BCUT2D eigenvalue weighted by Crippen LogP contribution is 2.33. The number of hydrogen-bond donors (Lipinski definition) is 1. The van der Waals surface area contributed by atoms with Crippen molar-refractivity contribution in [3.8, 4) is 6.07 Å². The predicted molar refractivity (Wildman–Crippen MR) is 152 cm³/mol. The molecule has 1 aliphatic heterocycles. The van der Waals surface area contributed by atoms with Crippen molar-refractivity contribution in [2.75, 3.05) is 42.7 Å². The lowest BCUT2D eigenvalue weighted by Gasteiger charge is -2.37. The fourth-order valence-electron chi connectivity index (χ4n) is 4.62. The second-order valence-corrected chi connectivity index (χ2v) is 12.9.